The summed E-state index contributed by atoms with van der Waals surface area (Å²) in [5.41, 5.74) is 3.92. The quantitative estimate of drug-likeness (QED) is 0.597. The Hall–Kier alpha value is -1.63. The molecule has 0 nitrogen and oxygen atoms in total. The maximum absolute atomic E-state index is 13.8. The molecule has 0 radical (unpaired) electrons. The first-order valence-corrected chi connectivity index (χ1v) is 6.52. The molecule has 0 unspecified atom stereocenters. The molecule has 0 heterocycles. The third kappa shape index (κ3) is 4.51. The summed E-state index contributed by atoms with van der Waals surface area (Å²) in [6.45, 7) is 13.1. The lowest BCUT2D eigenvalue weighted by molar-refractivity contribution is 0.221. The third-order valence-corrected chi connectivity index (χ3v) is 3.28. The summed E-state index contributed by atoms with van der Waals surface area (Å²) in [7, 11) is 0. The minimum atomic E-state index is -1.29. The molecule has 1 rings (SSSR count). The van der Waals surface area contributed by atoms with Crippen molar-refractivity contribution in [3.8, 4) is 0 Å². The van der Waals surface area contributed by atoms with Gasteiger partial charge in [0.05, 0.1) is 0 Å². The molecule has 0 atom stereocenters. The van der Waals surface area contributed by atoms with E-state index in [0.29, 0.717) is 5.56 Å². The summed E-state index contributed by atoms with van der Waals surface area (Å²) < 4.78 is 13.8. The van der Waals surface area contributed by atoms with Crippen molar-refractivity contribution in [2.75, 3.05) is 0 Å². The molecular weight excluding hydrogens is 235 g/mol. The summed E-state index contributed by atoms with van der Waals surface area (Å²) >= 11 is 0. The Morgan fingerprint density at radius 1 is 1.05 bits per heavy atom. The number of halogens is 1. The Kier molecular flexibility index (Phi) is 4.88. The van der Waals surface area contributed by atoms with E-state index in [4.69, 9.17) is 0 Å². The Labute approximate surface area is 116 Å². The van der Waals surface area contributed by atoms with Crippen molar-refractivity contribution in [3.05, 3.63) is 65.3 Å². The van der Waals surface area contributed by atoms with Gasteiger partial charge >= 0.3 is 0 Å². The molecule has 1 heteroatoms. The van der Waals surface area contributed by atoms with E-state index in [1.165, 1.54) is 5.57 Å². The van der Waals surface area contributed by atoms with Crippen LogP contribution < -0.4 is 0 Å². The SMILES string of the molecule is C=C(C)/C(C)=C\C=C(/C)c1ccc(C(C)(C)F)cc1. The minimum Gasteiger partial charge on any atom is -0.239 e. The van der Waals surface area contributed by atoms with Crippen LogP contribution in [0.1, 0.15) is 45.7 Å². The Morgan fingerprint density at radius 3 is 2.00 bits per heavy atom. The smallest absolute Gasteiger partial charge is 0.130 e. The zero-order valence-electron chi connectivity index (χ0n) is 12.5. The van der Waals surface area contributed by atoms with E-state index in [9.17, 15) is 4.39 Å². The van der Waals surface area contributed by atoms with Crippen molar-refractivity contribution >= 4 is 5.57 Å². The van der Waals surface area contributed by atoms with Gasteiger partial charge in [-0.15, -0.1) is 0 Å². The zero-order chi connectivity index (χ0) is 14.6. The normalized spacial score (nSPS) is 13.6. The maximum Gasteiger partial charge on any atom is 0.130 e. The molecule has 0 amide bonds. The molecule has 0 N–H and O–H groups in total. The van der Waals surface area contributed by atoms with Gasteiger partial charge in [0.15, 0.2) is 0 Å². The largest absolute Gasteiger partial charge is 0.239 e. The molecule has 0 aliphatic heterocycles. The summed E-state index contributed by atoms with van der Waals surface area (Å²) in [5, 5.41) is 0. The van der Waals surface area contributed by atoms with E-state index in [1.807, 2.05) is 38.1 Å². The van der Waals surface area contributed by atoms with E-state index in [2.05, 4.69) is 25.7 Å². The van der Waals surface area contributed by atoms with Crippen LogP contribution in [0.25, 0.3) is 5.57 Å². The summed E-state index contributed by atoms with van der Waals surface area (Å²) in [6.07, 6.45) is 4.13. The molecule has 0 aliphatic carbocycles. The highest BCUT2D eigenvalue weighted by Crippen LogP contribution is 2.26. The molecule has 0 saturated heterocycles. The van der Waals surface area contributed by atoms with Gasteiger partial charge in [-0.25, -0.2) is 4.39 Å². The average Bonchev–Trinajstić information content (AvgIpc) is 2.34. The number of benzene rings is 1. The van der Waals surface area contributed by atoms with Gasteiger partial charge in [-0.3, -0.25) is 0 Å². The van der Waals surface area contributed by atoms with Crippen molar-refractivity contribution in [1.82, 2.24) is 0 Å². The molecule has 0 aliphatic rings. The minimum absolute atomic E-state index is 0.706. The first-order valence-electron chi connectivity index (χ1n) is 6.52. The van der Waals surface area contributed by atoms with E-state index in [0.717, 1.165) is 16.7 Å². The van der Waals surface area contributed by atoms with E-state index >= 15 is 0 Å². The summed E-state index contributed by atoms with van der Waals surface area (Å²) in [5.74, 6) is 0. The van der Waals surface area contributed by atoms with Crippen LogP contribution >= 0.6 is 0 Å². The maximum atomic E-state index is 13.8. The number of rotatable bonds is 4. The summed E-state index contributed by atoms with van der Waals surface area (Å²) in [4.78, 5) is 0. The van der Waals surface area contributed by atoms with Gasteiger partial charge in [0.25, 0.3) is 0 Å². The second kappa shape index (κ2) is 6.01. The van der Waals surface area contributed by atoms with Crippen LogP contribution in [0.3, 0.4) is 0 Å². The highest BCUT2D eigenvalue weighted by Gasteiger charge is 2.17. The number of hydrogen-bond acceptors (Lipinski definition) is 0. The molecule has 0 spiro atoms. The predicted molar refractivity (Wildman–Crippen MR) is 82.8 cm³/mol. The van der Waals surface area contributed by atoms with Crippen LogP contribution in [0, 0.1) is 0 Å². The predicted octanol–water partition coefficient (Wildman–Crippen LogP) is 5.82. The molecule has 0 aromatic heterocycles. The number of alkyl halides is 1. The number of hydrogen-bond donors (Lipinski definition) is 0. The fourth-order valence-corrected chi connectivity index (χ4v) is 1.62. The first kappa shape index (κ1) is 15.4. The lowest BCUT2D eigenvalue weighted by Crippen LogP contribution is -2.08. The van der Waals surface area contributed by atoms with Crippen molar-refractivity contribution in [2.24, 2.45) is 0 Å². The molecule has 19 heavy (non-hydrogen) atoms. The fourth-order valence-electron chi connectivity index (χ4n) is 1.62. The Balaban J connectivity index is 2.96. The van der Waals surface area contributed by atoms with Crippen LogP contribution in [0.15, 0.2) is 54.1 Å². The topological polar surface area (TPSA) is 0 Å². The van der Waals surface area contributed by atoms with Gasteiger partial charge < -0.3 is 0 Å². The fraction of sp³-hybridized carbons (Fsp3) is 0.333. The molecule has 1 aromatic carbocycles. The Morgan fingerprint density at radius 2 is 1.58 bits per heavy atom. The lowest BCUT2D eigenvalue weighted by Gasteiger charge is -2.15. The van der Waals surface area contributed by atoms with Gasteiger partial charge in [-0.1, -0.05) is 48.6 Å². The molecule has 102 valence electrons. The van der Waals surface area contributed by atoms with Gasteiger partial charge in [0.2, 0.25) is 0 Å². The van der Waals surface area contributed by atoms with Crippen LogP contribution in [0.4, 0.5) is 4.39 Å². The van der Waals surface area contributed by atoms with Crippen molar-refractivity contribution in [3.63, 3.8) is 0 Å². The number of allylic oxidation sites excluding steroid dienone is 5. The molecular formula is C18H23F. The monoisotopic (exact) mass is 258 g/mol. The second-order valence-electron chi connectivity index (χ2n) is 5.53. The third-order valence-electron chi connectivity index (χ3n) is 3.28. The van der Waals surface area contributed by atoms with Crippen LogP contribution in [0.2, 0.25) is 0 Å². The first-order chi connectivity index (χ1) is 8.71. The summed E-state index contributed by atoms with van der Waals surface area (Å²) in [6, 6.07) is 7.63. The van der Waals surface area contributed by atoms with Crippen molar-refractivity contribution in [1.29, 1.82) is 0 Å². The Bertz CT molecular complexity index is 508. The second-order valence-corrected chi connectivity index (χ2v) is 5.53. The van der Waals surface area contributed by atoms with E-state index in [1.54, 1.807) is 13.8 Å². The molecule has 1 aromatic rings. The highest BCUT2D eigenvalue weighted by atomic mass is 19.1. The highest BCUT2D eigenvalue weighted by molar-refractivity contribution is 5.65. The van der Waals surface area contributed by atoms with Crippen LogP contribution in [-0.4, -0.2) is 0 Å². The van der Waals surface area contributed by atoms with Crippen LogP contribution in [0.5, 0.6) is 0 Å². The zero-order valence-corrected chi connectivity index (χ0v) is 12.5. The molecule has 0 saturated carbocycles. The van der Waals surface area contributed by atoms with E-state index in [-0.39, 0.29) is 0 Å². The average molecular weight is 258 g/mol. The van der Waals surface area contributed by atoms with Crippen molar-refractivity contribution < 1.29 is 4.39 Å². The van der Waals surface area contributed by atoms with Gasteiger partial charge in [-0.2, -0.15) is 0 Å². The van der Waals surface area contributed by atoms with Crippen molar-refractivity contribution in [2.45, 2.75) is 40.3 Å². The van der Waals surface area contributed by atoms with Gasteiger partial charge in [0.1, 0.15) is 5.67 Å². The standard InChI is InChI=1S/C18H23F/c1-13(2)14(3)7-8-15(4)16-9-11-17(12-10-16)18(5,6)19/h7-12H,1H2,2-6H3/b14-7-,15-8+. The van der Waals surface area contributed by atoms with Crippen LogP contribution in [-0.2, 0) is 5.67 Å². The lowest BCUT2D eigenvalue weighted by atomic mass is 9.97. The molecule has 0 bridgehead atoms. The van der Waals surface area contributed by atoms with Gasteiger partial charge in [-0.05, 0) is 56.9 Å². The molecule has 0 fully saturated rings. The van der Waals surface area contributed by atoms with Gasteiger partial charge in [0, 0.05) is 0 Å². The van der Waals surface area contributed by atoms with E-state index < -0.39 is 5.67 Å².